The summed E-state index contributed by atoms with van der Waals surface area (Å²) in [5, 5.41) is 9.11. The molecular weight excluding hydrogens is 320 g/mol. The minimum absolute atomic E-state index is 0.0798. The fraction of sp³-hybridized carbons (Fsp3) is 0.444. The average molecular weight is 344 g/mol. The second kappa shape index (κ2) is 7.66. The quantitative estimate of drug-likeness (QED) is 0.893. The van der Waals surface area contributed by atoms with Crippen molar-refractivity contribution in [1.82, 2.24) is 15.6 Å². The molecule has 0 radical (unpaired) electrons. The Kier molecular flexibility index (Phi) is 5.35. The molecule has 0 bridgehead atoms. The van der Waals surface area contributed by atoms with Gasteiger partial charge in [-0.05, 0) is 38.8 Å². The van der Waals surface area contributed by atoms with Crippen LogP contribution in [0.1, 0.15) is 36.5 Å². The van der Waals surface area contributed by atoms with Crippen molar-refractivity contribution >= 4 is 23.1 Å². The number of nitrogens with zero attached hydrogens (tertiary/aromatic N) is 2. The number of nitrogens with one attached hydrogen (secondary N) is 2. The van der Waals surface area contributed by atoms with Crippen molar-refractivity contribution in [2.45, 2.75) is 38.8 Å². The van der Waals surface area contributed by atoms with E-state index >= 15 is 0 Å². The van der Waals surface area contributed by atoms with E-state index in [2.05, 4.69) is 44.8 Å². The zero-order valence-electron chi connectivity index (χ0n) is 14.2. The van der Waals surface area contributed by atoms with Gasteiger partial charge in [0.1, 0.15) is 0 Å². The Hall–Kier alpha value is -2.08. The van der Waals surface area contributed by atoms with Gasteiger partial charge in [0, 0.05) is 30.2 Å². The third-order valence-corrected chi connectivity index (χ3v) is 5.10. The molecule has 1 aromatic carbocycles. The summed E-state index contributed by atoms with van der Waals surface area (Å²) in [6.07, 6.45) is 2.10. The number of hydrogen-bond donors (Lipinski definition) is 2. The number of aromatic nitrogens is 1. The van der Waals surface area contributed by atoms with E-state index < -0.39 is 0 Å². The zero-order chi connectivity index (χ0) is 16.9. The second-order valence-electron chi connectivity index (χ2n) is 6.25. The molecule has 6 heteroatoms. The van der Waals surface area contributed by atoms with E-state index in [1.54, 1.807) is 11.3 Å². The number of benzene rings is 1. The molecule has 2 amide bonds. The van der Waals surface area contributed by atoms with Crippen LogP contribution < -0.4 is 15.5 Å². The second-order valence-corrected chi connectivity index (χ2v) is 7.31. The van der Waals surface area contributed by atoms with Gasteiger partial charge in [0.15, 0.2) is 0 Å². The zero-order valence-corrected chi connectivity index (χ0v) is 15.0. The third kappa shape index (κ3) is 4.26. The van der Waals surface area contributed by atoms with Gasteiger partial charge in [-0.2, -0.15) is 0 Å². The average Bonchev–Trinajstić information content (AvgIpc) is 3.02. The Morgan fingerprint density at radius 1 is 1.38 bits per heavy atom. The fourth-order valence-electron chi connectivity index (χ4n) is 3.04. The molecule has 1 fully saturated rings. The molecule has 0 aliphatic carbocycles. The number of piperidine rings is 1. The van der Waals surface area contributed by atoms with Crippen molar-refractivity contribution in [3.8, 4) is 0 Å². The number of para-hydroxylation sites is 1. The Morgan fingerprint density at radius 3 is 2.88 bits per heavy atom. The minimum Gasteiger partial charge on any atom is -0.369 e. The van der Waals surface area contributed by atoms with Gasteiger partial charge in [-0.1, -0.05) is 18.2 Å². The van der Waals surface area contributed by atoms with E-state index in [0.717, 1.165) is 36.6 Å². The Bertz CT molecular complexity index is 673. The number of anilines is 1. The maximum Gasteiger partial charge on any atom is 0.315 e. The van der Waals surface area contributed by atoms with Gasteiger partial charge in [0.25, 0.3) is 0 Å². The van der Waals surface area contributed by atoms with Crippen LogP contribution in [0.4, 0.5) is 10.5 Å². The Morgan fingerprint density at radius 2 is 2.17 bits per heavy atom. The molecule has 1 aromatic heterocycles. The van der Waals surface area contributed by atoms with Crippen molar-refractivity contribution in [2.24, 2.45) is 0 Å². The van der Waals surface area contributed by atoms with Crippen molar-refractivity contribution in [2.75, 3.05) is 18.0 Å². The number of aryl methyl sites for hydroxylation is 1. The van der Waals surface area contributed by atoms with Gasteiger partial charge in [-0.3, -0.25) is 0 Å². The van der Waals surface area contributed by atoms with Crippen LogP contribution in [0.15, 0.2) is 35.7 Å². The molecule has 24 heavy (non-hydrogen) atoms. The van der Waals surface area contributed by atoms with Crippen molar-refractivity contribution in [3.63, 3.8) is 0 Å². The van der Waals surface area contributed by atoms with Crippen molar-refractivity contribution in [3.05, 3.63) is 46.4 Å². The van der Waals surface area contributed by atoms with Gasteiger partial charge >= 0.3 is 6.03 Å². The fourth-order valence-corrected chi connectivity index (χ4v) is 3.75. The number of thiazole rings is 1. The van der Waals surface area contributed by atoms with Crippen LogP contribution >= 0.6 is 11.3 Å². The Balaban J connectivity index is 1.52. The van der Waals surface area contributed by atoms with Gasteiger partial charge in [-0.25, -0.2) is 9.78 Å². The molecule has 2 heterocycles. The lowest BCUT2D eigenvalue weighted by atomic mass is 10.1. The maximum atomic E-state index is 12.3. The van der Waals surface area contributed by atoms with E-state index in [0.29, 0.717) is 0 Å². The summed E-state index contributed by atoms with van der Waals surface area (Å²) in [7, 11) is 0. The molecule has 3 rings (SSSR count). The van der Waals surface area contributed by atoms with Gasteiger partial charge in [-0.15, -0.1) is 11.3 Å². The molecule has 2 atom stereocenters. The molecule has 1 saturated heterocycles. The molecule has 5 nitrogen and oxygen atoms in total. The summed E-state index contributed by atoms with van der Waals surface area (Å²) in [4.78, 5) is 19.0. The molecule has 1 aliphatic heterocycles. The lowest BCUT2D eigenvalue weighted by Gasteiger charge is -2.35. The summed E-state index contributed by atoms with van der Waals surface area (Å²) in [6, 6.07) is 10.3. The summed E-state index contributed by atoms with van der Waals surface area (Å²) in [6.45, 7) is 5.83. The summed E-state index contributed by atoms with van der Waals surface area (Å²) in [5.74, 6) is 0. The number of amides is 2. The first-order chi connectivity index (χ1) is 11.6. The van der Waals surface area contributed by atoms with Gasteiger partial charge in [0.2, 0.25) is 0 Å². The minimum atomic E-state index is -0.118. The predicted octanol–water partition coefficient (Wildman–Crippen LogP) is 3.48. The van der Waals surface area contributed by atoms with E-state index in [1.165, 1.54) is 5.69 Å². The molecule has 128 valence electrons. The summed E-state index contributed by atoms with van der Waals surface area (Å²) < 4.78 is 0. The van der Waals surface area contributed by atoms with E-state index in [4.69, 9.17) is 0 Å². The topological polar surface area (TPSA) is 57.3 Å². The molecule has 2 aromatic rings. The van der Waals surface area contributed by atoms with Crippen molar-refractivity contribution < 1.29 is 4.79 Å². The van der Waals surface area contributed by atoms with Gasteiger partial charge in [0.05, 0.1) is 16.7 Å². The molecule has 2 unspecified atom stereocenters. The predicted molar refractivity (Wildman–Crippen MR) is 98.6 cm³/mol. The van der Waals surface area contributed by atoms with Crippen LogP contribution in [-0.4, -0.2) is 30.1 Å². The monoisotopic (exact) mass is 344 g/mol. The molecular formula is C18H24N4OS. The summed E-state index contributed by atoms with van der Waals surface area (Å²) in [5.41, 5.74) is 2.14. The van der Waals surface area contributed by atoms with Gasteiger partial charge < -0.3 is 15.5 Å². The lowest BCUT2D eigenvalue weighted by molar-refractivity contribution is 0.232. The Labute approximate surface area is 147 Å². The first kappa shape index (κ1) is 16.8. The normalized spacial score (nSPS) is 18.9. The molecule has 0 spiro atoms. The number of urea groups is 1. The summed E-state index contributed by atoms with van der Waals surface area (Å²) >= 11 is 1.60. The van der Waals surface area contributed by atoms with Crippen LogP contribution in [0.2, 0.25) is 0 Å². The largest absolute Gasteiger partial charge is 0.369 e. The smallest absolute Gasteiger partial charge is 0.315 e. The number of hydrogen-bond acceptors (Lipinski definition) is 4. The molecule has 0 saturated carbocycles. The SMILES string of the molecule is Cc1nc(C(C)NC(=O)NC2CCCN(c3ccccc3)C2)cs1. The number of carbonyl (C=O) groups excluding carboxylic acids is 1. The van der Waals surface area contributed by atoms with Crippen LogP contribution in [0.25, 0.3) is 0 Å². The molecule has 2 N–H and O–H groups in total. The number of carbonyl (C=O) groups is 1. The lowest BCUT2D eigenvalue weighted by Crippen LogP contribution is -2.51. The van der Waals surface area contributed by atoms with Crippen LogP contribution in [0.3, 0.4) is 0 Å². The maximum absolute atomic E-state index is 12.3. The third-order valence-electron chi connectivity index (χ3n) is 4.31. The van der Waals surface area contributed by atoms with Crippen LogP contribution in [0.5, 0.6) is 0 Å². The van der Waals surface area contributed by atoms with E-state index in [9.17, 15) is 4.79 Å². The number of rotatable bonds is 4. The highest BCUT2D eigenvalue weighted by Gasteiger charge is 2.22. The van der Waals surface area contributed by atoms with E-state index in [-0.39, 0.29) is 18.1 Å². The highest BCUT2D eigenvalue weighted by molar-refractivity contribution is 7.09. The first-order valence-corrected chi connectivity index (χ1v) is 9.29. The highest BCUT2D eigenvalue weighted by atomic mass is 32.1. The first-order valence-electron chi connectivity index (χ1n) is 8.41. The van der Waals surface area contributed by atoms with Crippen LogP contribution in [-0.2, 0) is 0 Å². The van der Waals surface area contributed by atoms with E-state index in [1.807, 2.05) is 25.3 Å². The van der Waals surface area contributed by atoms with Crippen molar-refractivity contribution in [1.29, 1.82) is 0 Å². The van der Waals surface area contributed by atoms with Crippen LogP contribution in [0, 0.1) is 6.92 Å². The highest BCUT2D eigenvalue weighted by Crippen LogP contribution is 2.20. The molecule has 1 aliphatic rings. The standard InChI is InChI=1S/C18H24N4OS/c1-13(17-12-24-14(2)20-17)19-18(23)21-15-7-6-10-22(11-15)16-8-4-3-5-9-16/h3-5,8-9,12-13,15H,6-7,10-11H2,1-2H3,(H2,19,21,23).